The van der Waals surface area contributed by atoms with Crippen molar-refractivity contribution in [2.45, 2.75) is 0 Å². The average molecular weight is 574 g/mol. The maximum absolute atomic E-state index is 6.44. The standard InChI is InChI=1S/C43H27NO/c1-3-10-28(11-4-1)34-26-39(31-13-5-2-6-14-31)44-40(27-34)36-16-9-17-42-43(36)38-25-33(22-23-41(38)45-42)32-21-20-30-19-18-29-12-7-8-15-35(29)37(30)24-32/h1-27H. The smallest absolute Gasteiger partial charge is 0.136 e. The van der Waals surface area contributed by atoms with E-state index in [2.05, 4.69) is 158 Å². The van der Waals surface area contributed by atoms with E-state index in [0.717, 1.165) is 61.1 Å². The molecule has 2 heterocycles. The predicted molar refractivity (Wildman–Crippen MR) is 188 cm³/mol. The number of pyridine rings is 1. The fourth-order valence-corrected chi connectivity index (χ4v) is 6.62. The number of furan rings is 1. The average Bonchev–Trinajstić information content (AvgIpc) is 3.50. The third-order valence-corrected chi connectivity index (χ3v) is 8.85. The van der Waals surface area contributed by atoms with Crippen LogP contribution in [0.25, 0.3) is 88.3 Å². The Balaban J connectivity index is 1.26. The van der Waals surface area contributed by atoms with Crippen LogP contribution >= 0.6 is 0 Å². The van der Waals surface area contributed by atoms with Crippen LogP contribution in [0.5, 0.6) is 0 Å². The summed E-state index contributed by atoms with van der Waals surface area (Å²) >= 11 is 0. The highest BCUT2D eigenvalue weighted by molar-refractivity contribution is 6.14. The van der Waals surface area contributed by atoms with Crippen molar-refractivity contribution in [3.63, 3.8) is 0 Å². The zero-order chi connectivity index (χ0) is 29.7. The Kier molecular flexibility index (Phi) is 5.85. The molecule has 9 aromatic rings. The van der Waals surface area contributed by atoms with Crippen molar-refractivity contribution in [3.05, 3.63) is 164 Å². The summed E-state index contributed by atoms with van der Waals surface area (Å²) in [6.07, 6.45) is 0. The van der Waals surface area contributed by atoms with E-state index in [1.807, 2.05) is 6.07 Å². The van der Waals surface area contributed by atoms with Crippen LogP contribution in [-0.2, 0) is 0 Å². The summed E-state index contributed by atoms with van der Waals surface area (Å²) in [5.74, 6) is 0. The first-order valence-electron chi connectivity index (χ1n) is 15.3. The summed E-state index contributed by atoms with van der Waals surface area (Å²) in [4.78, 5) is 5.24. The van der Waals surface area contributed by atoms with Crippen LogP contribution < -0.4 is 0 Å². The lowest BCUT2D eigenvalue weighted by Crippen LogP contribution is -1.91. The van der Waals surface area contributed by atoms with Gasteiger partial charge in [-0.05, 0) is 80.2 Å². The monoisotopic (exact) mass is 573 g/mol. The van der Waals surface area contributed by atoms with Gasteiger partial charge in [0.1, 0.15) is 11.2 Å². The third-order valence-electron chi connectivity index (χ3n) is 8.85. The predicted octanol–water partition coefficient (Wildman–Crippen LogP) is 12.0. The Hall–Kier alpha value is -5.99. The molecule has 0 bridgehead atoms. The molecule has 0 amide bonds. The molecule has 0 unspecified atom stereocenters. The van der Waals surface area contributed by atoms with Crippen LogP contribution in [0.15, 0.2) is 168 Å². The molecule has 0 fully saturated rings. The Labute approximate surface area is 260 Å². The van der Waals surface area contributed by atoms with Gasteiger partial charge in [0, 0.05) is 21.9 Å². The van der Waals surface area contributed by atoms with Crippen molar-refractivity contribution in [1.29, 1.82) is 0 Å². The first-order valence-corrected chi connectivity index (χ1v) is 15.3. The van der Waals surface area contributed by atoms with E-state index in [1.165, 1.54) is 27.1 Å². The van der Waals surface area contributed by atoms with Crippen molar-refractivity contribution >= 4 is 43.5 Å². The largest absolute Gasteiger partial charge is 0.456 e. The summed E-state index contributed by atoms with van der Waals surface area (Å²) in [5.41, 5.74) is 10.4. The fraction of sp³-hybridized carbons (Fsp3) is 0. The SMILES string of the molecule is c1ccc(-c2cc(-c3ccccc3)nc(-c3cccc4oc5ccc(-c6ccc7ccc8ccccc8c7c6)cc5c34)c2)cc1. The van der Waals surface area contributed by atoms with E-state index < -0.39 is 0 Å². The van der Waals surface area contributed by atoms with Crippen LogP contribution in [0, 0.1) is 0 Å². The third kappa shape index (κ3) is 4.39. The van der Waals surface area contributed by atoms with Gasteiger partial charge in [0.2, 0.25) is 0 Å². The molecule has 0 aliphatic heterocycles. The van der Waals surface area contributed by atoms with Gasteiger partial charge in [-0.3, -0.25) is 0 Å². The highest BCUT2D eigenvalue weighted by Gasteiger charge is 2.17. The lowest BCUT2D eigenvalue weighted by molar-refractivity contribution is 0.669. The van der Waals surface area contributed by atoms with E-state index in [4.69, 9.17) is 9.40 Å². The molecule has 210 valence electrons. The van der Waals surface area contributed by atoms with Gasteiger partial charge in [-0.2, -0.15) is 0 Å². The Morgan fingerprint density at radius 1 is 0.356 bits per heavy atom. The van der Waals surface area contributed by atoms with Gasteiger partial charge in [-0.1, -0.05) is 127 Å². The molecule has 0 saturated carbocycles. The summed E-state index contributed by atoms with van der Waals surface area (Å²) in [6, 6.07) is 57.9. The highest BCUT2D eigenvalue weighted by Crippen LogP contribution is 2.40. The Morgan fingerprint density at radius 3 is 1.82 bits per heavy atom. The summed E-state index contributed by atoms with van der Waals surface area (Å²) in [6.45, 7) is 0. The molecule has 2 nitrogen and oxygen atoms in total. The van der Waals surface area contributed by atoms with Gasteiger partial charge in [-0.25, -0.2) is 4.98 Å². The molecule has 7 aromatic carbocycles. The minimum absolute atomic E-state index is 0.859. The first-order chi connectivity index (χ1) is 22.3. The molecule has 2 heteroatoms. The molecule has 0 aliphatic carbocycles. The van der Waals surface area contributed by atoms with Crippen LogP contribution in [0.2, 0.25) is 0 Å². The highest BCUT2D eigenvalue weighted by atomic mass is 16.3. The summed E-state index contributed by atoms with van der Waals surface area (Å²) < 4.78 is 6.44. The van der Waals surface area contributed by atoms with E-state index in [9.17, 15) is 0 Å². The second-order valence-corrected chi connectivity index (χ2v) is 11.6. The lowest BCUT2D eigenvalue weighted by atomic mass is 9.95. The van der Waals surface area contributed by atoms with Gasteiger partial charge in [0.25, 0.3) is 0 Å². The second-order valence-electron chi connectivity index (χ2n) is 11.6. The van der Waals surface area contributed by atoms with Crippen LogP contribution in [0.4, 0.5) is 0 Å². The van der Waals surface area contributed by atoms with Gasteiger partial charge in [0.15, 0.2) is 0 Å². The van der Waals surface area contributed by atoms with Gasteiger partial charge in [0.05, 0.1) is 11.4 Å². The second kappa shape index (κ2) is 10.3. The number of hydrogen-bond acceptors (Lipinski definition) is 2. The topological polar surface area (TPSA) is 26.0 Å². The van der Waals surface area contributed by atoms with E-state index >= 15 is 0 Å². The number of benzene rings is 7. The van der Waals surface area contributed by atoms with Crippen molar-refractivity contribution in [2.24, 2.45) is 0 Å². The molecule has 0 aliphatic rings. The van der Waals surface area contributed by atoms with Crippen molar-refractivity contribution in [1.82, 2.24) is 4.98 Å². The number of rotatable bonds is 4. The maximum atomic E-state index is 6.44. The van der Waals surface area contributed by atoms with E-state index in [0.29, 0.717) is 0 Å². The molecule has 45 heavy (non-hydrogen) atoms. The van der Waals surface area contributed by atoms with Crippen molar-refractivity contribution < 1.29 is 4.42 Å². The molecule has 0 radical (unpaired) electrons. The van der Waals surface area contributed by atoms with Crippen LogP contribution in [0.3, 0.4) is 0 Å². The van der Waals surface area contributed by atoms with Gasteiger partial charge < -0.3 is 4.42 Å². The Morgan fingerprint density at radius 2 is 1.00 bits per heavy atom. The number of nitrogens with zero attached hydrogens (tertiary/aromatic N) is 1. The van der Waals surface area contributed by atoms with E-state index in [1.54, 1.807) is 0 Å². The molecule has 9 rings (SSSR count). The molecule has 0 atom stereocenters. The van der Waals surface area contributed by atoms with Crippen molar-refractivity contribution in [2.75, 3.05) is 0 Å². The minimum atomic E-state index is 0.859. The molecule has 0 spiro atoms. The van der Waals surface area contributed by atoms with Gasteiger partial charge >= 0.3 is 0 Å². The molecular formula is C43H27NO. The van der Waals surface area contributed by atoms with Crippen LogP contribution in [0.1, 0.15) is 0 Å². The zero-order valence-corrected chi connectivity index (χ0v) is 24.4. The molecule has 0 saturated heterocycles. The van der Waals surface area contributed by atoms with Gasteiger partial charge in [-0.15, -0.1) is 0 Å². The minimum Gasteiger partial charge on any atom is -0.456 e. The normalized spacial score (nSPS) is 11.6. The van der Waals surface area contributed by atoms with Crippen LogP contribution in [-0.4, -0.2) is 4.98 Å². The lowest BCUT2D eigenvalue weighted by Gasteiger charge is -2.11. The quantitative estimate of drug-likeness (QED) is 0.196. The Bertz CT molecular complexity index is 2470. The van der Waals surface area contributed by atoms with E-state index in [-0.39, 0.29) is 0 Å². The summed E-state index contributed by atoms with van der Waals surface area (Å²) in [5, 5.41) is 7.20. The molecule has 0 N–H and O–H groups in total. The number of hydrogen-bond donors (Lipinski definition) is 0. The number of fused-ring (bicyclic) bond motifs is 6. The molecule has 2 aromatic heterocycles. The summed E-state index contributed by atoms with van der Waals surface area (Å²) in [7, 11) is 0. The van der Waals surface area contributed by atoms with Crippen molar-refractivity contribution in [3.8, 4) is 44.8 Å². The zero-order valence-electron chi connectivity index (χ0n) is 24.4. The fourth-order valence-electron chi connectivity index (χ4n) is 6.62. The number of aromatic nitrogens is 1. The molecular weight excluding hydrogens is 546 g/mol. The maximum Gasteiger partial charge on any atom is 0.136 e. The first kappa shape index (κ1) is 25.5.